The molecule has 0 saturated heterocycles. The average molecular weight is 399 g/mol. The zero-order valence-corrected chi connectivity index (χ0v) is 16.9. The molecule has 0 atom stereocenters. The fourth-order valence-electron chi connectivity index (χ4n) is 3.25. The van der Waals surface area contributed by atoms with Gasteiger partial charge in [-0.25, -0.2) is 4.98 Å². The molecule has 2 aromatic heterocycles. The van der Waals surface area contributed by atoms with Gasteiger partial charge in [0.2, 0.25) is 0 Å². The lowest BCUT2D eigenvalue weighted by atomic mass is 10.1. The van der Waals surface area contributed by atoms with E-state index in [1.165, 1.54) is 0 Å². The number of nitrogens with zero attached hydrogens (tertiary/aromatic N) is 2. The van der Waals surface area contributed by atoms with Crippen LogP contribution in [0.2, 0.25) is 0 Å². The Morgan fingerprint density at radius 3 is 2.50 bits per heavy atom. The summed E-state index contributed by atoms with van der Waals surface area (Å²) in [4.78, 5) is 12.3. The summed E-state index contributed by atoms with van der Waals surface area (Å²) in [6, 6.07) is 11.9. The molecule has 0 aliphatic rings. The van der Waals surface area contributed by atoms with Crippen LogP contribution >= 0.6 is 12.4 Å². The molecule has 0 spiro atoms. The number of rotatable bonds is 6. The van der Waals surface area contributed by atoms with Gasteiger partial charge in [0.25, 0.3) is 0 Å². The van der Waals surface area contributed by atoms with Gasteiger partial charge in [-0.1, -0.05) is 0 Å². The second kappa shape index (κ2) is 8.35. The molecule has 28 heavy (non-hydrogen) atoms. The van der Waals surface area contributed by atoms with Crippen LogP contribution in [0.4, 0.5) is 11.4 Å². The predicted molar refractivity (Wildman–Crippen MR) is 115 cm³/mol. The highest BCUT2D eigenvalue weighted by atomic mass is 35.5. The third-order valence-corrected chi connectivity index (χ3v) is 4.32. The number of aromatic nitrogens is 3. The number of nitrogens with one attached hydrogen (secondary N) is 2. The van der Waals surface area contributed by atoms with Gasteiger partial charge in [-0.05, 0) is 51.1 Å². The highest BCUT2D eigenvalue weighted by Crippen LogP contribution is 2.35. The van der Waals surface area contributed by atoms with Gasteiger partial charge >= 0.3 is 0 Å². The van der Waals surface area contributed by atoms with Crippen molar-refractivity contribution in [3.05, 3.63) is 48.4 Å². The third-order valence-electron chi connectivity index (χ3n) is 4.32. The highest BCUT2D eigenvalue weighted by Gasteiger charge is 2.12. The van der Waals surface area contributed by atoms with Crippen LogP contribution in [0.5, 0.6) is 11.5 Å². The van der Waals surface area contributed by atoms with Crippen LogP contribution in [0.3, 0.4) is 0 Å². The molecule has 4 aromatic rings. The number of H-pyrrole nitrogens is 1. The van der Waals surface area contributed by atoms with E-state index in [2.05, 4.69) is 20.3 Å². The van der Waals surface area contributed by atoms with Crippen LogP contribution in [0.1, 0.15) is 19.5 Å². The van der Waals surface area contributed by atoms with Crippen molar-refractivity contribution >= 4 is 45.7 Å². The summed E-state index contributed by atoms with van der Waals surface area (Å²) < 4.78 is 11.4. The molecule has 6 nitrogen and oxygen atoms in total. The molecule has 0 amide bonds. The van der Waals surface area contributed by atoms with Gasteiger partial charge in [0.05, 0.1) is 41.8 Å². The smallest absolute Gasteiger partial charge is 0.163 e. The molecule has 0 fully saturated rings. The van der Waals surface area contributed by atoms with E-state index in [-0.39, 0.29) is 12.4 Å². The molecule has 4 rings (SSSR count). The first-order chi connectivity index (χ1) is 13.2. The van der Waals surface area contributed by atoms with Crippen molar-refractivity contribution in [2.24, 2.45) is 0 Å². The van der Waals surface area contributed by atoms with E-state index in [0.29, 0.717) is 13.2 Å². The number of benzene rings is 2. The SMILES string of the molecule is CCOc1ccc(Nc2cc(C)nc3ccc4nc[nH]c4c23)cc1OCC.Cl. The fraction of sp³-hybridized carbons (Fsp3) is 0.238. The molecule has 0 aliphatic heterocycles. The molecule has 2 aromatic carbocycles. The molecule has 0 bridgehead atoms. The summed E-state index contributed by atoms with van der Waals surface area (Å²) in [5.74, 6) is 1.47. The Morgan fingerprint density at radius 1 is 0.964 bits per heavy atom. The first kappa shape index (κ1) is 19.8. The fourth-order valence-corrected chi connectivity index (χ4v) is 3.25. The average Bonchev–Trinajstić information content (AvgIpc) is 3.12. The lowest BCUT2D eigenvalue weighted by molar-refractivity contribution is 0.288. The van der Waals surface area contributed by atoms with E-state index in [9.17, 15) is 0 Å². The van der Waals surface area contributed by atoms with E-state index in [4.69, 9.17) is 9.47 Å². The van der Waals surface area contributed by atoms with Gasteiger partial charge in [-0.15, -0.1) is 12.4 Å². The number of anilines is 2. The van der Waals surface area contributed by atoms with Crippen molar-refractivity contribution in [3.63, 3.8) is 0 Å². The normalized spacial score (nSPS) is 10.7. The van der Waals surface area contributed by atoms with Gasteiger partial charge < -0.3 is 19.8 Å². The predicted octanol–water partition coefficient (Wildman–Crippen LogP) is 5.38. The molecule has 2 N–H and O–H groups in total. The molecule has 0 radical (unpaired) electrons. The van der Waals surface area contributed by atoms with Crippen LogP contribution in [0.15, 0.2) is 42.7 Å². The minimum atomic E-state index is 0. The highest BCUT2D eigenvalue weighted by molar-refractivity contribution is 6.10. The van der Waals surface area contributed by atoms with E-state index >= 15 is 0 Å². The number of fused-ring (bicyclic) bond motifs is 3. The van der Waals surface area contributed by atoms with Crippen LogP contribution in [-0.2, 0) is 0 Å². The van der Waals surface area contributed by atoms with Crippen LogP contribution in [0, 0.1) is 6.92 Å². The molecular formula is C21H23ClN4O2. The second-order valence-electron chi connectivity index (χ2n) is 6.22. The molecule has 146 valence electrons. The minimum Gasteiger partial charge on any atom is -0.490 e. The Balaban J connectivity index is 0.00000225. The maximum absolute atomic E-state index is 5.74. The number of hydrogen-bond acceptors (Lipinski definition) is 5. The Morgan fingerprint density at radius 2 is 1.71 bits per heavy atom. The van der Waals surface area contributed by atoms with Gasteiger partial charge in [0, 0.05) is 22.8 Å². The van der Waals surface area contributed by atoms with Gasteiger partial charge in [0.1, 0.15) is 0 Å². The second-order valence-corrected chi connectivity index (χ2v) is 6.22. The summed E-state index contributed by atoms with van der Waals surface area (Å²) in [6.45, 7) is 7.09. The molecule has 0 aliphatic carbocycles. The van der Waals surface area contributed by atoms with E-state index in [1.54, 1.807) is 6.33 Å². The van der Waals surface area contributed by atoms with Crippen molar-refractivity contribution < 1.29 is 9.47 Å². The van der Waals surface area contributed by atoms with Crippen molar-refractivity contribution in [2.45, 2.75) is 20.8 Å². The third kappa shape index (κ3) is 3.68. The number of halogens is 1. The number of hydrogen-bond donors (Lipinski definition) is 2. The zero-order valence-electron chi connectivity index (χ0n) is 16.1. The van der Waals surface area contributed by atoms with Gasteiger partial charge in [-0.2, -0.15) is 0 Å². The maximum Gasteiger partial charge on any atom is 0.163 e. The molecule has 0 unspecified atom stereocenters. The van der Waals surface area contributed by atoms with Gasteiger partial charge in [0.15, 0.2) is 11.5 Å². The molecule has 2 heterocycles. The van der Waals surface area contributed by atoms with E-state index in [1.807, 2.05) is 57.2 Å². The standard InChI is InChI=1S/C21H22N4O2.ClH/c1-4-26-18-9-6-14(11-19(18)27-5-2)25-17-10-13(3)24-15-7-8-16-21(20(15)17)23-12-22-16;/h6-12H,4-5H2,1-3H3,(H,22,23)(H,24,25);1H. The maximum atomic E-state index is 5.74. The first-order valence-corrected chi connectivity index (χ1v) is 9.09. The van der Waals surface area contributed by atoms with Crippen LogP contribution in [0.25, 0.3) is 21.9 Å². The number of aromatic amines is 1. The molecule has 7 heteroatoms. The monoisotopic (exact) mass is 398 g/mol. The van der Waals surface area contributed by atoms with Crippen molar-refractivity contribution in [1.82, 2.24) is 15.0 Å². The topological polar surface area (TPSA) is 72.1 Å². The summed E-state index contributed by atoms with van der Waals surface area (Å²) in [6.07, 6.45) is 1.71. The summed E-state index contributed by atoms with van der Waals surface area (Å²) in [5.41, 5.74) is 5.64. The lowest BCUT2D eigenvalue weighted by Crippen LogP contribution is -2.00. The molecular weight excluding hydrogens is 376 g/mol. The first-order valence-electron chi connectivity index (χ1n) is 9.09. The quantitative estimate of drug-likeness (QED) is 0.456. The van der Waals surface area contributed by atoms with Crippen LogP contribution < -0.4 is 14.8 Å². The molecule has 0 saturated carbocycles. The van der Waals surface area contributed by atoms with Crippen molar-refractivity contribution in [2.75, 3.05) is 18.5 Å². The minimum absolute atomic E-state index is 0. The summed E-state index contributed by atoms with van der Waals surface area (Å²) in [7, 11) is 0. The van der Waals surface area contributed by atoms with E-state index in [0.717, 1.165) is 50.5 Å². The largest absolute Gasteiger partial charge is 0.490 e. The van der Waals surface area contributed by atoms with Crippen molar-refractivity contribution in [3.8, 4) is 11.5 Å². The summed E-state index contributed by atoms with van der Waals surface area (Å²) in [5, 5.41) is 4.53. The number of pyridine rings is 1. The zero-order chi connectivity index (χ0) is 18.8. The Labute approximate surface area is 169 Å². The number of aryl methyl sites for hydroxylation is 1. The van der Waals surface area contributed by atoms with Crippen molar-refractivity contribution in [1.29, 1.82) is 0 Å². The Bertz CT molecular complexity index is 1110. The Kier molecular flexibility index (Phi) is 5.90. The lowest BCUT2D eigenvalue weighted by Gasteiger charge is -2.15. The Hall–Kier alpha value is -2.99. The number of imidazole rings is 1. The summed E-state index contributed by atoms with van der Waals surface area (Å²) >= 11 is 0. The van der Waals surface area contributed by atoms with E-state index < -0.39 is 0 Å². The number of ether oxygens (including phenoxy) is 2. The van der Waals surface area contributed by atoms with Crippen LogP contribution in [-0.4, -0.2) is 28.2 Å². The van der Waals surface area contributed by atoms with Gasteiger partial charge in [-0.3, -0.25) is 4.98 Å².